The van der Waals surface area contributed by atoms with E-state index < -0.39 is 34.3 Å². The third-order valence-corrected chi connectivity index (χ3v) is 8.38. The van der Waals surface area contributed by atoms with Crippen LogP contribution in [-0.4, -0.2) is 45.8 Å². The SMILES string of the molecule is Cc1ccccc1C(=O)Nc1ccc(C(=O)C(SC(C)C(=O)O)C(=O)OC2CCCNc3ccc(Cl)cc32)c(C)c1. The Bertz CT molecular complexity index is 1490. The first-order valence-corrected chi connectivity index (χ1v) is 14.5. The maximum atomic E-state index is 13.7. The number of nitrogens with one attached hydrogen (secondary N) is 2. The first kappa shape index (κ1) is 30.1. The molecule has 1 amide bonds. The van der Waals surface area contributed by atoms with E-state index in [-0.39, 0.29) is 11.5 Å². The Morgan fingerprint density at radius 3 is 2.49 bits per heavy atom. The van der Waals surface area contributed by atoms with E-state index in [0.717, 1.165) is 29.4 Å². The number of carbonyl (C=O) groups excluding carboxylic acids is 3. The van der Waals surface area contributed by atoms with Crippen molar-refractivity contribution < 1.29 is 29.0 Å². The summed E-state index contributed by atoms with van der Waals surface area (Å²) in [5, 5.41) is 13.7. The molecule has 0 fully saturated rings. The molecule has 41 heavy (non-hydrogen) atoms. The number of aliphatic carboxylic acids is 1. The van der Waals surface area contributed by atoms with Crippen molar-refractivity contribution in [2.24, 2.45) is 0 Å². The second-order valence-corrected chi connectivity index (χ2v) is 11.8. The molecular weight excluding hydrogens is 564 g/mol. The minimum absolute atomic E-state index is 0.233. The van der Waals surface area contributed by atoms with Crippen LogP contribution in [0, 0.1) is 13.8 Å². The summed E-state index contributed by atoms with van der Waals surface area (Å²) in [4.78, 5) is 51.7. The number of aryl methyl sites for hydroxylation is 2. The number of hydrogen-bond acceptors (Lipinski definition) is 7. The van der Waals surface area contributed by atoms with Crippen molar-refractivity contribution in [3.8, 4) is 0 Å². The number of carboxylic acid groups (broad SMARTS) is 1. The molecule has 3 aromatic rings. The molecule has 10 heteroatoms. The van der Waals surface area contributed by atoms with Crippen molar-refractivity contribution in [3.63, 3.8) is 0 Å². The van der Waals surface area contributed by atoms with Crippen LogP contribution in [0.15, 0.2) is 60.7 Å². The van der Waals surface area contributed by atoms with Crippen molar-refractivity contribution >= 4 is 58.4 Å². The zero-order chi connectivity index (χ0) is 29.7. The Kier molecular flexibility index (Phi) is 9.73. The average Bonchev–Trinajstić information content (AvgIpc) is 3.13. The number of ether oxygens (including phenoxy) is 1. The third-order valence-electron chi connectivity index (χ3n) is 6.86. The normalized spacial score (nSPS) is 15.9. The van der Waals surface area contributed by atoms with E-state index in [1.807, 2.05) is 25.1 Å². The fourth-order valence-corrected chi connectivity index (χ4v) is 5.75. The van der Waals surface area contributed by atoms with Gasteiger partial charge in [-0.05, 0) is 87.2 Å². The minimum Gasteiger partial charge on any atom is -0.480 e. The molecule has 0 saturated carbocycles. The van der Waals surface area contributed by atoms with E-state index in [1.165, 1.54) is 13.0 Å². The summed E-state index contributed by atoms with van der Waals surface area (Å²) < 4.78 is 5.89. The maximum Gasteiger partial charge on any atom is 0.327 e. The monoisotopic (exact) mass is 594 g/mol. The van der Waals surface area contributed by atoms with Crippen LogP contribution in [0.3, 0.4) is 0 Å². The van der Waals surface area contributed by atoms with E-state index in [4.69, 9.17) is 16.3 Å². The quantitative estimate of drug-likeness (QED) is 0.147. The Morgan fingerprint density at radius 1 is 1.02 bits per heavy atom. The highest BCUT2D eigenvalue weighted by Crippen LogP contribution is 2.36. The Morgan fingerprint density at radius 2 is 1.78 bits per heavy atom. The predicted molar refractivity (Wildman–Crippen MR) is 161 cm³/mol. The lowest BCUT2D eigenvalue weighted by Crippen LogP contribution is -2.33. The van der Waals surface area contributed by atoms with Gasteiger partial charge >= 0.3 is 11.9 Å². The summed E-state index contributed by atoms with van der Waals surface area (Å²) in [6, 6.07) is 17.2. The molecule has 0 bridgehead atoms. The maximum absolute atomic E-state index is 13.7. The highest BCUT2D eigenvalue weighted by molar-refractivity contribution is 8.02. The van der Waals surface area contributed by atoms with Crippen LogP contribution in [0.5, 0.6) is 0 Å². The molecular formula is C31H31ClN2O6S. The molecule has 1 aliphatic heterocycles. The van der Waals surface area contributed by atoms with E-state index in [9.17, 15) is 24.3 Å². The second kappa shape index (κ2) is 13.2. The van der Waals surface area contributed by atoms with Crippen LogP contribution in [0.25, 0.3) is 0 Å². The molecule has 3 atom stereocenters. The van der Waals surface area contributed by atoms with E-state index in [2.05, 4.69) is 10.6 Å². The van der Waals surface area contributed by atoms with Crippen LogP contribution in [0.1, 0.15) is 63.3 Å². The summed E-state index contributed by atoms with van der Waals surface area (Å²) in [6.07, 6.45) is 0.582. The summed E-state index contributed by atoms with van der Waals surface area (Å²) in [7, 11) is 0. The first-order valence-electron chi connectivity index (χ1n) is 13.2. The largest absolute Gasteiger partial charge is 0.480 e. The topological polar surface area (TPSA) is 122 Å². The van der Waals surface area contributed by atoms with Crippen molar-refractivity contribution in [1.29, 1.82) is 0 Å². The van der Waals surface area contributed by atoms with Gasteiger partial charge < -0.3 is 20.5 Å². The van der Waals surface area contributed by atoms with Gasteiger partial charge in [-0.3, -0.25) is 19.2 Å². The van der Waals surface area contributed by atoms with Gasteiger partial charge in [-0.2, -0.15) is 0 Å². The van der Waals surface area contributed by atoms with Gasteiger partial charge in [0.2, 0.25) is 0 Å². The number of amides is 1. The number of carboxylic acids is 1. The number of halogens is 1. The summed E-state index contributed by atoms with van der Waals surface area (Å²) >= 11 is 6.94. The number of anilines is 2. The lowest BCUT2D eigenvalue weighted by molar-refractivity contribution is -0.148. The van der Waals surface area contributed by atoms with Crippen molar-refractivity contribution in [2.45, 2.75) is 50.2 Å². The number of rotatable bonds is 9. The van der Waals surface area contributed by atoms with Gasteiger partial charge in [0.15, 0.2) is 11.0 Å². The molecule has 4 rings (SSSR count). The summed E-state index contributed by atoms with van der Waals surface area (Å²) in [6.45, 7) is 5.64. The molecule has 1 heterocycles. The van der Waals surface area contributed by atoms with Crippen LogP contribution in [0.4, 0.5) is 11.4 Å². The third kappa shape index (κ3) is 7.28. The molecule has 0 radical (unpaired) electrons. The van der Waals surface area contributed by atoms with E-state index >= 15 is 0 Å². The molecule has 214 valence electrons. The van der Waals surface area contributed by atoms with Gasteiger partial charge in [0, 0.05) is 39.6 Å². The molecule has 3 N–H and O–H groups in total. The number of ketones is 1. The highest BCUT2D eigenvalue weighted by Gasteiger charge is 2.36. The van der Waals surface area contributed by atoms with Crippen molar-refractivity contribution in [1.82, 2.24) is 0 Å². The zero-order valence-electron chi connectivity index (χ0n) is 22.9. The highest BCUT2D eigenvalue weighted by atomic mass is 35.5. The lowest BCUT2D eigenvalue weighted by Gasteiger charge is -2.23. The molecule has 3 aromatic carbocycles. The molecule has 0 aliphatic carbocycles. The summed E-state index contributed by atoms with van der Waals surface area (Å²) in [5.74, 6) is -2.82. The number of thioether (sulfide) groups is 1. The molecule has 8 nitrogen and oxygen atoms in total. The predicted octanol–water partition coefficient (Wildman–Crippen LogP) is 6.46. The van der Waals surface area contributed by atoms with Crippen molar-refractivity contribution in [2.75, 3.05) is 17.2 Å². The molecule has 0 saturated heterocycles. The number of fused-ring (bicyclic) bond motifs is 1. The average molecular weight is 595 g/mol. The number of Topliss-reactive ketones (excluding diaryl/α,β-unsaturated/α-hetero) is 1. The van der Waals surface area contributed by atoms with E-state index in [1.54, 1.807) is 43.3 Å². The van der Waals surface area contributed by atoms with Crippen LogP contribution >= 0.6 is 23.4 Å². The van der Waals surface area contributed by atoms with Gasteiger partial charge in [-0.1, -0.05) is 29.8 Å². The van der Waals surface area contributed by atoms with Gasteiger partial charge in [0.05, 0.1) is 0 Å². The smallest absolute Gasteiger partial charge is 0.327 e. The number of benzene rings is 3. The lowest BCUT2D eigenvalue weighted by atomic mass is 10.0. The fraction of sp³-hybridized carbons (Fsp3) is 0.290. The summed E-state index contributed by atoms with van der Waals surface area (Å²) in [5.41, 5.74) is 4.09. The van der Waals surface area contributed by atoms with Crippen LogP contribution in [0.2, 0.25) is 5.02 Å². The van der Waals surface area contributed by atoms with Crippen LogP contribution in [-0.2, 0) is 14.3 Å². The Labute approximate surface area is 247 Å². The van der Waals surface area contributed by atoms with Gasteiger partial charge in [-0.25, -0.2) is 0 Å². The minimum atomic E-state index is -1.41. The zero-order valence-corrected chi connectivity index (χ0v) is 24.5. The number of carbonyl (C=O) groups is 4. The van der Waals surface area contributed by atoms with E-state index in [0.29, 0.717) is 40.4 Å². The fourth-order valence-electron chi connectivity index (χ4n) is 4.62. The molecule has 0 spiro atoms. The van der Waals surface area contributed by atoms with Crippen molar-refractivity contribution in [3.05, 3.63) is 93.5 Å². The van der Waals surface area contributed by atoms with Gasteiger partial charge in [0.25, 0.3) is 5.91 Å². The number of hydrogen-bond donors (Lipinski definition) is 3. The second-order valence-electron chi connectivity index (χ2n) is 9.89. The van der Waals surface area contributed by atoms with Gasteiger partial charge in [-0.15, -0.1) is 11.8 Å². The Balaban J connectivity index is 1.58. The molecule has 1 aliphatic rings. The number of esters is 1. The standard InChI is InChI=1S/C31H31ClN2O6S/c1-17-7-4-5-8-23(17)29(36)34-21-11-12-22(18(2)15-21)27(35)28(41-19(3)30(37)38)31(39)40-26-9-6-14-33-25-13-10-20(32)16-24(25)26/h4-5,7-8,10-13,15-16,19,26,28,33H,6,9,14H2,1-3H3,(H,34,36)(H,37,38). The molecule has 0 aromatic heterocycles. The first-order chi connectivity index (χ1) is 19.5. The molecule has 3 unspecified atom stereocenters. The Hall–Kier alpha value is -3.82. The van der Waals surface area contributed by atoms with Gasteiger partial charge in [0.1, 0.15) is 11.4 Å². The van der Waals surface area contributed by atoms with Crippen LogP contribution < -0.4 is 10.6 Å².